The molecular weight excluding hydrogens is 398 g/mol. The highest BCUT2D eigenvalue weighted by Crippen LogP contribution is 2.40. The van der Waals surface area contributed by atoms with Crippen LogP contribution in [-0.2, 0) is 0 Å². The van der Waals surface area contributed by atoms with E-state index in [-0.39, 0.29) is 5.92 Å². The largest absolute Gasteiger partial charge is 0.338 e. The van der Waals surface area contributed by atoms with Crippen LogP contribution in [0.3, 0.4) is 0 Å². The predicted octanol–water partition coefficient (Wildman–Crippen LogP) is 4.71. The molecule has 1 saturated heterocycles. The first kappa shape index (κ1) is 19.7. The number of benzene rings is 1. The van der Waals surface area contributed by atoms with E-state index in [9.17, 15) is 13.6 Å². The van der Waals surface area contributed by atoms with Gasteiger partial charge >= 0.3 is 0 Å². The maximum Gasteiger partial charge on any atom is 0.259 e. The number of carbonyl (C=O) groups is 1. The van der Waals surface area contributed by atoms with Gasteiger partial charge in [0.2, 0.25) is 0 Å². The van der Waals surface area contributed by atoms with Gasteiger partial charge in [-0.15, -0.1) is 0 Å². The van der Waals surface area contributed by atoms with E-state index in [1.54, 1.807) is 12.4 Å². The standard InChI is InChI=1S/C24H22F2N4O/c25-19-2-1-3-20(26)21(19)24(31)30-12-8-16(9-13-30)22-18(15-6-10-27-11-7-15)14-28-23(29-22)17-4-5-17/h1-3,6-7,10-11,14,16-17H,4-5,8-9,12-13H2. The van der Waals surface area contributed by atoms with E-state index >= 15 is 0 Å². The number of pyridine rings is 1. The second-order valence-electron chi connectivity index (χ2n) is 8.20. The molecule has 0 spiro atoms. The van der Waals surface area contributed by atoms with Crippen LogP contribution in [-0.4, -0.2) is 38.8 Å². The normalized spacial score (nSPS) is 17.0. The van der Waals surface area contributed by atoms with E-state index < -0.39 is 23.1 Å². The third kappa shape index (κ3) is 3.92. The van der Waals surface area contributed by atoms with E-state index in [2.05, 4.69) is 9.97 Å². The number of carbonyl (C=O) groups excluding carboxylic acids is 1. The highest BCUT2D eigenvalue weighted by atomic mass is 19.1. The summed E-state index contributed by atoms with van der Waals surface area (Å²) in [5, 5.41) is 0. The van der Waals surface area contributed by atoms with Crippen molar-refractivity contribution in [1.82, 2.24) is 19.9 Å². The molecule has 2 aliphatic rings. The number of piperidine rings is 1. The Morgan fingerprint density at radius 1 is 0.935 bits per heavy atom. The molecule has 1 aliphatic heterocycles. The quantitative estimate of drug-likeness (QED) is 0.613. The van der Waals surface area contributed by atoms with Crippen LogP contribution in [0, 0.1) is 11.6 Å². The van der Waals surface area contributed by atoms with Gasteiger partial charge < -0.3 is 4.90 Å². The summed E-state index contributed by atoms with van der Waals surface area (Å²) >= 11 is 0. The van der Waals surface area contributed by atoms with Crippen molar-refractivity contribution in [3.63, 3.8) is 0 Å². The number of hydrogen-bond donors (Lipinski definition) is 0. The second kappa shape index (κ2) is 8.13. The van der Waals surface area contributed by atoms with Gasteiger partial charge in [-0.25, -0.2) is 18.7 Å². The van der Waals surface area contributed by atoms with Gasteiger partial charge in [0.05, 0.1) is 5.69 Å². The number of rotatable bonds is 4. The molecule has 3 aromatic rings. The van der Waals surface area contributed by atoms with Gasteiger partial charge in [0.25, 0.3) is 5.91 Å². The minimum Gasteiger partial charge on any atom is -0.338 e. The highest BCUT2D eigenvalue weighted by Gasteiger charge is 2.32. The Morgan fingerprint density at radius 2 is 1.61 bits per heavy atom. The molecule has 0 N–H and O–H groups in total. The zero-order chi connectivity index (χ0) is 21.4. The van der Waals surface area contributed by atoms with Gasteiger partial charge in [-0.2, -0.15) is 0 Å². The summed E-state index contributed by atoms with van der Waals surface area (Å²) in [6, 6.07) is 7.38. The predicted molar refractivity (Wildman–Crippen MR) is 111 cm³/mol. The van der Waals surface area contributed by atoms with Crippen LogP contribution in [0.25, 0.3) is 11.1 Å². The molecule has 1 aromatic carbocycles. The first-order valence-electron chi connectivity index (χ1n) is 10.6. The van der Waals surface area contributed by atoms with Crippen molar-refractivity contribution in [2.75, 3.05) is 13.1 Å². The van der Waals surface area contributed by atoms with Crippen molar-refractivity contribution in [3.05, 3.63) is 77.6 Å². The maximum absolute atomic E-state index is 14.1. The number of aromatic nitrogens is 3. The SMILES string of the molecule is O=C(c1c(F)cccc1F)N1CCC(c2nc(C3CC3)ncc2-c2ccncc2)CC1. The number of nitrogens with zero attached hydrogens (tertiary/aromatic N) is 4. The van der Waals surface area contributed by atoms with Gasteiger partial charge in [-0.1, -0.05) is 6.07 Å². The highest BCUT2D eigenvalue weighted by molar-refractivity contribution is 5.94. The van der Waals surface area contributed by atoms with Gasteiger partial charge in [0, 0.05) is 49.1 Å². The monoisotopic (exact) mass is 420 g/mol. The molecule has 0 unspecified atom stereocenters. The lowest BCUT2D eigenvalue weighted by atomic mass is 9.88. The molecule has 2 aromatic heterocycles. The zero-order valence-electron chi connectivity index (χ0n) is 17.0. The summed E-state index contributed by atoms with van der Waals surface area (Å²) in [7, 11) is 0. The average Bonchev–Trinajstić information content (AvgIpc) is 3.65. The first-order chi connectivity index (χ1) is 15.1. The second-order valence-corrected chi connectivity index (χ2v) is 8.20. The number of halogens is 2. The Labute approximate surface area is 179 Å². The third-order valence-electron chi connectivity index (χ3n) is 6.12. The summed E-state index contributed by atoms with van der Waals surface area (Å²) in [6.07, 6.45) is 9.00. The van der Waals surface area contributed by atoms with Crippen molar-refractivity contribution < 1.29 is 13.6 Å². The minimum atomic E-state index is -0.822. The average molecular weight is 420 g/mol. The lowest BCUT2D eigenvalue weighted by Gasteiger charge is -2.32. The topological polar surface area (TPSA) is 59.0 Å². The van der Waals surface area contributed by atoms with E-state index in [4.69, 9.17) is 4.98 Å². The number of amides is 1. The molecule has 2 fully saturated rings. The van der Waals surface area contributed by atoms with Gasteiger partial charge in [0.15, 0.2) is 0 Å². The minimum absolute atomic E-state index is 0.151. The molecule has 5 rings (SSSR count). The maximum atomic E-state index is 14.1. The molecule has 158 valence electrons. The Kier molecular flexibility index (Phi) is 5.18. The van der Waals surface area contributed by atoms with Crippen molar-refractivity contribution >= 4 is 5.91 Å². The van der Waals surface area contributed by atoms with Crippen LogP contribution >= 0.6 is 0 Å². The van der Waals surface area contributed by atoms with Crippen LogP contribution in [0.4, 0.5) is 8.78 Å². The van der Waals surface area contributed by atoms with Gasteiger partial charge in [-0.05, 0) is 55.5 Å². The summed E-state index contributed by atoms with van der Waals surface area (Å²) < 4.78 is 28.1. The lowest BCUT2D eigenvalue weighted by Crippen LogP contribution is -2.39. The molecule has 0 radical (unpaired) electrons. The smallest absolute Gasteiger partial charge is 0.259 e. The molecule has 1 amide bonds. The van der Waals surface area contributed by atoms with Crippen LogP contribution in [0.15, 0.2) is 48.9 Å². The summed E-state index contributed by atoms with van der Waals surface area (Å²) in [4.78, 5) is 27.9. The van der Waals surface area contributed by atoms with Crippen molar-refractivity contribution in [3.8, 4) is 11.1 Å². The number of likely N-dealkylation sites (tertiary alicyclic amines) is 1. The van der Waals surface area contributed by atoms with E-state index in [0.29, 0.717) is 31.8 Å². The molecule has 1 aliphatic carbocycles. The summed E-state index contributed by atoms with van der Waals surface area (Å²) in [6.45, 7) is 0.853. The van der Waals surface area contributed by atoms with Gasteiger partial charge in [-0.3, -0.25) is 9.78 Å². The van der Waals surface area contributed by atoms with E-state index in [1.165, 1.54) is 11.0 Å². The van der Waals surface area contributed by atoms with Crippen LogP contribution in [0.5, 0.6) is 0 Å². The molecular formula is C24H22F2N4O. The Hall–Kier alpha value is -3.22. The molecule has 5 nitrogen and oxygen atoms in total. The Morgan fingerprint density at radius 3 is 2.26 bits per heavy atom. The molecule has 7 heteroatoms. The van der Waals surface area contributed by atoms with E-state index in [1.807, 2.05) is 18.3 Å². The fraction of sp³-hybridized carbons (Fsp3) is 0.333. The zero-order valence-corrected chi connectivity index (χ0v) is 17.0. The van der Waals surface area contributed by atoms with Crippen LogP contribution < -0.4 is 0 Å². The molecule has 3 heterocycles. The molecule has 0 bridgehead atoms. The first-order valence-corrected chi connectivity index (χ1v) is 10.6. The fourth-order valence-electron chi connectivity index (χ4n) is 4.23. The summed E-state index contributed by atoms with van der Waals surface area (Å²) in [5.41, 5.74) is 2.51. The molecule has 0 atom stereocenters. The van der Waals surface area contributed by atoms with Gasteiger partial charge in [0.1, 0.15) is 23.0 Å². The van der Waals surface area contributed by atoms with Crippen molar-refractivity contribution in [2.24, 2.45) is 0 Å². The Bertz CT molecular complexity index is 1090. The lowest BCUT2D eigenvalue weighted by molar-refractivity contribution is 0.0702. The Balaban J connectivity index is 1.39. The van der Waals surface area contributed by atoms with Crippen LogP contribution in [0.1, 0.15) is 59.4 Å². The van der Waals surface area contributed by atoms with Crippen molar-refractivity contribution in [1.29, 1.82) is 0 Å². The molecule has 1 saturated carbocycles. The van der Waals surface area contributed by atoms with Crippen LogP contribution in [0.2, 0.25) is 0 Å². The number of hydrogen-bond acceptors (Lipinski definition) is 4. The van der Waals surface area contributed by atoms with Crippen molar-refractivity contribution in [2.45, 2.75) is 37.5 Å². The molecule has 31 heavy (non-hydrogen) atoms. The van der Waals surface area contributed by atoms with E-state index in [0.717, 1.165) is 47.6 Å². The third-order valence-corrected chi connectivity index (χ3v) is 6.12. The fourth-order valence-corrected chi connectivity index (χ4v) is 4.23. The summed E-state index contributed by atoms with van der Waals surface area (Å²) in [5.74, 6) is -0.757.